The topological polar surface area (TPSA) is 90.9 Å². The molecule has 6 nitrogen and oxygen atoms in total. The predicted molar refractivity (Wildman–Crippen MR) is 161 cm³/mol. The second kappa shape index (κ2) is 11.0. The van der Waals surface area contributed by atoms with Crippen molar-refractivity contribution in [1.82, 2.24) is 20.3 Å². The number of aliphatic hydroxyl groups is 1. The van der Waals surface area contributed by atoms with E-state index in [1.54, 1.807) is 38.4 Å². The number of carbonyl (C=O) groups is 1. The van der Waals surface area contributed by atoms with Crippen molar-refractivity contribution in [3.05, 3.63) is 117 Å². The van der Waals surface area contributed by atoms with Gasteiger partial charge in [0.05, 0.1) is 38.2 Å². The molecule has 0 bridgehead atoms. The predicted octanol–water partition coefficient (Wildman–Crippen LogP) is 7.34. The van der Waals surface area contributed by atoms with Gasteiger partial charge < -0.3 is 15.4 Å². The van der Waals surface area contributed by atoms with Gasteiger partial charge >= 0.3 is 0 Å². The van der Waals surface area contributed by atoms with Crippen LogP contribution in [0.3, 0.4) is 0 Å². The van der Waals surface area contributed by atoms with Crippen LogP contribution in [0.15, 0.2) is 73.1 Å². The second-order valence-corrected chi connectivity index (χ2v) is 11.4. The number of aryl methyl sites for hydroxylation is 2. The third-order valence-corrected chi connectivity index (χ3v) is 7.76. The molecule has 8 heteroatoms. The van der Waals surface area contributed by atoms with Crippen LogP contribution in [0.2, 0.25) is 10.0 Å². The molecule has 2 heterocycles. The van der Waals surface area contributed by atoms with Gasteiger partial charge in [0.1, 0.15) is 5.82 Å². The van der Waals surface area contributed by atoms with Crippen LogP contribution >= 0.6 is 23.2 Å². The lowest BCUT2D eigenvalue weighted by molar-refractivity contribution is 0.0782. The maximum absolute atomic E-state index is 13.4. The van der Waals surface area contributed by atoms with Crippen molar-refractivity contribution < 1.29 is 9.90 Å². The Labute approximate surface area is 243 Å². The molecule has 0 aliphatic carbocycles. The smallest absolute Gasteiger partial charge is 0.254 e. The van der Waals surface area contributed by atoms with Gasteiger partial charge in [-0.1, -0.05) is 53.5 Å². The quantitative estimate of drug-likeness (QED) is 0.190. The van der Waals surface area contributed by atoms with E-state index >= 15 is 0 Å². The number of nitrogens with zero attached hydrogens (tertiary/aromatic N) is 2. The Kier molecular flexibility index (Phi) is 7.69. The van der Waals surface area contributed by atoms with Crippen LogP contribution < -0.4 is 5.32 Å². The third kappa shape index (κ3) is 5.75. The Morgan fingerprint density at radius 3 is 2.33 bits per heavy atom. The number of benzene rings is 3. The van der Waals surface area contributed by atoms with Gasteiger partial charge in [0.2, 0.25) is 0 Å². The SMILES string of the molecule is Cc1cc2nc(C(CNC(=O)c3c(Cl)cc(-c4cncc(C(C)(C)O)c4)cc3Cl)c3ccccc3)[nH]c2cc1C. The third-order valence-electron chi connectivity index (χ3n) is 7.16. The van der Waals surface area contributed by atoms with Crippen LogP contribution in [-0.4, -0.2) is 32.5 Å². The average molecular weight is 574 g/mol. The highest BCUT2D eigenvalue weighted by Crippen LogP contribution is 2.33. The summed E-state index contributed by atoms with van der Waals surface area (Å²) in [6, 6.07) is 19.3. The van der Waals surface area contributed by atoms with Crippen molar-refractivity contribution in [2.24, 2.45) is 0 Å². The van der Waals surface area contributed by atoms with E-state index in [2.05, 4.69) is 41.3 Å². The Hall–Kier alpha value is -3.71. The standard InChI is InChI=1S/C32H30Cl2N4O2/c1-18-10-27-28(11-19(18)2)38-30(37-27)24(20-8-6-5-7-9-20)17-36-31(39)29-25(33)13-21(14-26(29)34)22-12-23(16-35-15-22)32(3,4)40/h5-16,24,40H,17H2,1-4H3,(H,36,39)(H,37,38). The number of aromatic nitrogens is 3. The van der Waals surface area contributed by atoms with Gasteiger partial charge in [-0.15, -0.1) is 0 Å². The van der Waals surface area contributed by atoms with Gasteiger partial charge in [-0.3, -0.25) is 9.78 Å². The first-order valence-electron chi connectivity index (χ1n) is 13.0. The van der Waals surface area contributed by atoms with E-state index in [1.807, 2.05) is 36.4 Å². The fourth-order valence-electron chi connectivity index (χ4n) is 4.68. The largest absolute Gasteiger partial charge is 0.386 e. The number of rotatable bonds is 7. The van der Waals surface area contributed by atoms with Crippen LogP contribution in [0.25, 0.3) is 22.2 Å². The van der Waals surface area contributed by atoms with E-state index in [9.17, 15) is 9.90 Å². The summed E-state index contributed by atoms with van der Waals surface area (Å²) in [5.41, 5.74) is 6.43. The van der Waals surface area contributed by atoms with Gasteiger partial charge in [-0.25, -0.2) is 4.98 Å². The zero-order valence-electron chi connectivity index (χ0n) is 22.7. The van der Waals surface area contributed by atoms with E-state index in [1.165, 1.54) is 11.1 Å². The number of fused-ring (bicyclic) bond motifs is 1. The molecular formula is C32H30Cl2N4O2. The van der Waals surface area contributed by atoms with E-state index < -0.39 is 5.60 Å². The van der Waals surface area contributed by atoms with Gasteiger partial charge in [-0.2, -0.15) is 0 Å². The summed E-state index contributed by atoms with van der Waals surface area (Å²) < 4.78 is 0. The normalized spacial score (nSPS) is 12.5. The average Bonchev–Trinajstić information content (AvgIpc) is 3.31. The summed E-state index contributed by atoms with van der Waals surface area (Å²) >= 11 is 13.2. The van der Waals surface area contributed by atoms with Gasteiger partial charge in [0.25, 0.3) is 5.91 Å². The maximum Gasteiger partial charge on any atom is 0.254 e. The molecule has 0 radical (unpaired) electrons. The summed E-state index contributed by atoms with van der Waals surface area (Å²) in [6.07, 6.45) is 3.28. The monoisotopic (exact) mass is 572 g/mol. The molecule has 5 aromatic rings. The number of carbonyl (C=O) groups excluding carboxylic acids is 1. The Morgan fingerprint density at radius 2 is 1.65 bits per heavy atom. The van der Waals surface area contributed by atoms with Crippen molar-refractivity contribution in [3.63, 3.8) is 0 Å². The Bertz CT molecular complexity index is 1650. The molecular weight excluding hydrogens is 543 g/mol. The van der Waals surface area contributed by atoms with E-state index in [0.29, 0.717) is 11.1 Å². The van der Waals surface area contributed by atoms with Gasteiger partial charge in [0.15, 0.2) is 0 Å². The lowest BCUT2D eigenvalue weighted by Gasteiger charge is -2.19. The summed E-state index contributed by atoms with van der Waals surface area (Å²) in [6.45, 7) is 7.81. The number of halogens is 2. The van der Waals surface area contributed by atoms with E-state index in [0.717, 1.165) is 28.0 Å². The summed E-state index contributed by atoms with van der Waals surface area (Å²) in [7, 11) is 0. The number of imidazole rings is 1. The number of hydrogen-bond donors (Lipinski definition) is 3. The van der Waals surface area contributed by atoms with Gasteiger partial charge in [0, 0.05) is 30.1 Å². The molecule has 0 aliphatic rings. The number of amides is 1. The van der Waals surface area contributed by atoms with E-state index in [-0.39, 0.29) is 34.0 Å². The number of hydrogen-bond acceptors (Lipinski definition) is 4. The van der Waals surface area contributed by atoms with Crippen molar-refractivity contribution in [1.29, 1.82) is 0 Å². The first-order chi connectivity index (χ1) is 19.0. The lowest BCUT2D eigenvalue weighted by atomic mass is 9.96. The van der Waals surface area contributed by atoms with Crippen LogP contribution in [0.4, 0.5) is 0 Å². The molecule has 204 valence electrons. The van der Waals surface area contributed by atoms with Gasteiger partial charge in [-0.05, 0) is 80.3 Å². The Balaban J connectivity index is 1.42. The molecule has 1 atom stereocenters. The number of H-pyrrole nitrogens is 1. The molecule has 0 saturated carbocycles. The van der Waals surface area contributed by atoms with Crippen LogP contribution in [-0.2, 0) is 5.60 Å². The van der Waals surface area contributed by atoms with Crippen LogP contribution in [0.1, 0.15) is 58.2 Å². The van der Waals surface area contributed by atoms with Crippen molar-refractivity contribution in [2.75, 3.05) is 6.54 Å². The highest BCUT2D eigenvalue weighted by Gasteiger charge is 2.23. The summed E-state index contributed by atoms with van der Waals surface area (Å²) in [5, 5.41) is 13.8. The molecule has 0 saturated heterocycles. The lowest BCUT2D eigenvalue weighted by Crippen LogP contribution is -2.29. The maximum atomic E-state index is 13.4. The van der Waals surface area contributed by atoms with Crippen molar-refractivity contribution >= 4 is 40.1 Å². The molecule has 0 spiro atoms. The molecule has 0 aliphatic heterocycles. The molecule has 40 heavy (non-hydrogen) atoms. The number of pyridine rings is 1. The molecule has 1 amide bonds. The first kappa shape index (κ1) is 27.8. The fraction of sp³-hybridized carbons (Fsp3) is 0.219. The fourth-order valence-corrected chi connectivity index (χ4v) is 5.34. The number of aromatic amines is 1. The van der Waals surface area contributed by atoms with Crippen molar-refractivity contribution in [2.45, 2.75) is 39.2 Å². The second-order valence-electron chi connectivity index (χ2n) is 10.6. The minimum absolute atomic E-state index is 0.196. The minimum atomic E-state index is -1.05. The first-order valence-corrected chi connectivity index (χ1v) is 13.7. The Morgan fingerprint density at radius 1 is 0.975 bits per heavy atom. The van der Waals surface area contributed by atoms with E-state index in [4.69, 9.17) is 28.2 Å². The summed E-state index contributed by atoms with van der Waals surface area (Å²) in [4.78, 5) is 25.9. The van der Waals surface area contributed by atoms with Crippen LogP contribution in [0.5, 0.6) is 0 Å². The number of nitrogens with one attached hydrogen (secondary N) is 2. The summed E-state index contributed by atoms with van der Waals surface area (Å²) in [5.74, 6) is 0.164. The molecule has 3 N–H and O–H groups in total. The molecule has 0 fully saturated rings. The molecule has 1 unspecified atom stereocenters. The van der Waals surface area contributed by atoms with Crippen LogP contribution in [0, 0.1) is 13.8 Å². The highest BCUT2D eigenvalue weighted by molar-refractivity contribution is 6.40. The molecule has 3 aromatic carbocycles. The zero-order chi connectivity index (χ0) is 28.6. The highest BCUT2D eigenvalue weighted by atomic mass is 35.5. The molecule has 2 aromatic heterocycles. The molecule has 5 rings (SSSR count). The zero-order valence-corrected chi connectivity index (χ0v) is 24.2. The van der Waals surface area contributed by atoms with Crippen molar-refractivity contribution in [3.8, 4) is 11.1 Å². The minimum Gasteiger partial charge on any atom is -0.386 e.